The van der Waals surface area contributed by atoms with E-state index in [1.54, 1.807) is 11.9 Å². The molecule has 4 heteroatoms. The van der Waals surface area contributed by atoms with Gasteiger partial charge in [-0.05, 0) is 18.8 Å². The van der Waals surface area contributed by atoms with Gasteiger partial charge in [-0.3, -0.25) is 9.59 Å². The maximum absolute atomic E-state index is 11.5. The van der Waals surface area contributed by atoms with E-state index in [0.29, 0.717) is 6.54 Å². The van der Waals surface area contributed by atoms with Crippen molar-refractivity contribution in [1.82, 2.24) is 4.90 Å². The van der Waals surface area contributed by atoms with Gasteiger partial charge in [-0.25, -0.2) is 0 Å². The summed E-state index contributed by atoms with van der Waals surface area (Å²) in [6.07, 6.45) is 4.35. The van der Waals surface area contributed by atoms with Crippen molar-refractivity contribution in [2.75, 3.05) is 13.6 Å². The van der Waals surface area contributed by atoms with Crippen molar-refractivity contribution in [3.63, 3.8) is 0 Å². The number of aliphatic carboxylic acids is 1. The van der Waals surface area contributed by atoms with Crippen LogP contribution < -0.4 is 0 Å². The van der Waals surface area contributed by atoms with E-state index in [2.05, 4.69) is 0 Å². The Morgan fingerprint density at radius 2 is 2.07 bits per heavy atom. The summed E-state index contributed by atoms with van der Waals surface area (Å²) in [4.78, 5) is 24.5. The summed E-state index contributed by atoms with van der Waals surface area (Å²) >= 11 is 0. The highest BCUT2D eigenvalue weighted by Gasteiger charge is 2.53. The van der Waals surface area contributed by atoms with Gasteiger partial charge in [-0.15, -0.1) is 0 Å². The number of hydrogen-bond donors (Lipinski definition) is 1. The molecule has 4 nitrogen and oxygen atoms in total. The van der Waals surface area contributed by atoms with E-state index < -0.39 is 11.4 Å². The first-order chi connectivity index (χ1) is 7.06. The molecule has 1 aliphatic heterocycles. The first-order valence-electron chi connectivity index (χ1n) is 5.53. The first-order valence-corrected chi connectivity index (χ1v) is 5.53. The van der Waals surface area contributed by atoms with Crippen molar-refractivity contribution in [1.29, 1.82) is 0 Å². The van der Waals surface area contributed by atoms with Crippen LogP contribution >= 0.6 is 0 Å². The zero-order valence-electron chi connectivity index (χ0n) is 9.03. The lowest BCUT2D eigenvalue weighted by molar-refractivity contribution is -0.152. The standard InChI is InChI=1S/C11H17NO3/c1-12-7-11(10(14)15,6-9(12)13)8-4-2-3-5-8/h8H,2-7H2,1H3,(H,14,15). The number of amides is 1. The predicted molar refractivity (Wildman–Crippen MR) is 54.3 cm³/mol. The lowest BCUT2D eigenvalue weighted by atomic mass is 9.73. The Labute approximate surface area is 89.3 Å². The lowest BCUT2D eigenvalue weighted by Crippen LogP contribution is -2.39. The van der Waals surface area contributed by atoms with Crippen LogP contribution in [0.2, 0.25) is 0 Å². The largest absolute Gasteiger partial charge is 0.481 e. The van der Waals surface area contributed by atoms with E-state index in [0.717, 1.165) is 25.7 Å². The number of nitrogens with zero attached hydrogens (tertiary/aromatic N) is 1. The summed E-state index contributed by atoms with van der Waals surface area (Å²) in [5.41, 5.74) is -0.789. The Morgan fingerprint density at radius 3 is 2.47 bits per heavy atom. The minimum atomic E-state index is -0.789. The molecular formula is C11H17NO3. The van der Waals surface area contributed by atoms with Gasteiger partial charge in [0.2, 0.25) is 5.91 Å². The Balaban J connectivity index is 2.25. The van der Waals surface area contributed by atoms with Gasteiger partial charge >= 0.3 is 5.97 Å². The van der Waals surface area contributed by atoms with Crippen molar-refractivity contribution in [2.24, 2.45) is 11.3 Å². The van der Waals surface area contributed by atoms with Crippen molar-refractivity contribution >= 4 is 11.9 Å². The van der Waals surface area contributed by atoms with Crippen LogP contribution in [0.3, 0.4) is 0 Å². The van der Waals surface area contributed by atoms with Crippen LogP contribution in [0.5, 0.6) is 0 Å². The molecular weight excluding hydrogens is 194 g/mol. The van der Waals surface area contributed by atoms with Crippen molar-refractivity contribution in [2.45, 2.75) is 32.1 Å². The SMILES string of the molecule is CN1CC(C(=O)O)(C2CCCC2)CC1=O. The fraction of sp³-hybridized carbons (Fsp3) is 0.818. The van der Waals surface area contributed by atoms with Gasteiger partial charge in [0.25, 0.3) is 0 Å². The molecule has 1 atom stereocenters. The minimum Gasteiger partial charge on any atom is -0.481 e. The second kappa shape index (κ2) is 3.51. The normalized spacial score (nSPS) is 32.6. The first kappa shape index (κ1) is 10.5. The molecule has 1 N–H and O–H groups in total. The number of carboxylic acids is 1. The molecule has 1 amide bonds. The summed E-state index contributed by atoms with van der Waals surface area (Å²) in [6.45, 7) is 0.395. The third-order valence-corrected chi connectivity index (χ3v) is 3.97. The van der Waals surface area contributed by atoms with E-state index in [-0.39, 0.29) is 18.2 Å². The summed E-state index contributed by atoms with van der Waals surface area (Å²) < 4.78 is 0. The number of hydrogen-bond acceptors (Lipinski definition) is 2. The van der Waals surface area contributed by atoms with Crippen molar-refractivity contribution < 1.29 is 14.7 Å². The van der Waals surface area contributed by atoms with Gasteiger partial charge < -0.3 is 10.0 Å². The van der Waals surface area contributed by atoms with E-state index in [4.69, 9.17) is 0 Å². The molecule has 1 heterocycles. The van der Waals surface area contributed by atoms with E-state index >= 15 is 0 Å². The number of likely N-dealkylation sites (tertiary alicyclic amines) is 1. The highest BCUT2D eigenvalue weighted by molar-refractivity contribution is 5.89. The molecule has 0 spiro atoms. The van der Waals surface area contributed by atoms with Crippen LogP contribution in [0.1, 0.15) is 32.1 Å². The highest BCUT2D eigenvalue weighted by atomic mass is 16.4. The zero-order valence-corrected chi connectivity index (χ0v) is 9.03. The van der Waals surface area contributed by atoms with Crippen LogP contribution in [0.4, 0.5) is 0 Å². The third kappa shape index (κ3) is 1.52. The van der Waals surface area contributed by atoms with Crippen LogP contribution in [0, 0.1) is 11.3 Å². The molecule has 0 aromatic carbocycles. The van der Waals surface area contributed by atoms with Gasteiger partial charge in [0.1, 0.15) is 0 Å². The molecule has 2 rings (SSSR count). The molecule has 2 aliphatic rings. The number of carbonyl (C=O) groups excluding carboxylic acids is 1. The molecule has 0 aromatic heterocycles. The maximum atomic E-state index is 11.5. The van der Waals surface area contributed by atoms with Gasteiger partial charge in [0.15, 0.2) is 0 Å². The van der Waals surface area contributed by atoms with E-state index in [9.17, 15) is 14.7 Å². The molecule has 2 fully saturated rings. The lowest BCUT2D eigenvalue weighted by Gasteiger charge is -2.29. The molecule has 0 aromatic rings. The fourth-order valence-corrected chi connectivity index (χ4v) is 3.04. The number of carboxylic acid groups (broad SMARTS) is 1. The maximum Gasteiger partial charge on any atom is 0.312 e. The molecule has 0 radical (unpaired) electrons. The van der Waals surface area contributed by atoms with Crippen molar-refractivity contribution in [3.8, 4) is 0 Å². The Kier molecular flexibility index (Phi) is 2.44. The van der Waals surface area contributed by atoms with E-state index in [1.807, 2.05) is 0 Å². The Morgan fingerprint density at radius 1 is 1.47 bits per heavy atom. The van der Waals surface area contributed by atoms with Crippen molar-refractivity contribution in [3.05, 3.63) is 0 Å². The van der Waals surface area contributed by atoms with E-state index in [1.165, 1.54) is 0 Å². The van der Waals surface area contributed by atoms with Gasteiger partial charge in [0, 0.05) is 20.0 Å². The fourth-order valence-electron chi connectivity index (χ4n) is 3.04. The molecule has 0 bridgehead atoms. The highest BCUT2D eigenvalue weighted by Crippen LogP contribution is 2.46. The van der Waals surface area contributed by atoms with Crippen LogP contribution in [0.15, 0.2) is 0 Å². The second-order valence-corrected chi connectivity index (χ2v) is 4.87. The summed E-state index contributed by atoms with van der Waals surface area (Å²) in [5.74, 6) is -0.611. The molecule has 1 saturated carbocycles. The Bertz CT molecular complexity index is 296. The molecule has 1 saturated heterocycles. The average molecular weight is 211 g/mol. The average Bonchev–Trinajstić information content (AvgIpc) is 2.75. The summed E-state index contributed by atoms with van der Waals surface area (Å²) in [6, 6.07) is 0. The topological polar surface area (TPSA) is 57.6 Å². The monoisotopic (exact) mass is 211 g/mol. The smallest absolute Gasteiger partial charge is 0.312 e. The number of rotatable bonds is 2. The van der Waals surface area contributed by atoms with Gasteiger partial charge in [0.05, 0.1) is 5.41 Å². The summed E-state index contributed by atoms with van der Waals surface area (Å²) in [5, 5.41) is 9.38. The molecule has 84 valence electrons. The predicted octanol–water partition coefficient (Wildman–Crippen LogP) is 1.11. The molecule has 15 heavy (non-hydrogen) atoms. The van der Waals surface area contributed by atoms with Crippen LogP contribution in [0.25, 0.3) is 0 Å². The molecule has 1 aliphatic carbocycles. The number of carbonyl (C=O) groups is 2. The third-order valence-electron chi connectivity index (χ3n) is 3.97. The van der Waals surface area contributed by atoms with Crippen LogP contribution in [-0.2, 0) is 9.59 Å². The summed E-state index contributed by atoms with van der Waals surface area (Å²) in [7, 11) is 1.70. The zero-order chi connectivity index (χ0) is 11.1. The van der Waals surface area contributed by atoms with Gasteiger partial charge in [-0.1, -0.05) is 12.8 Å². The molecule has 1 unspecified atom stereocenters. The quantitative estimate of drug-likeness (QED) is 0.744. The minimum absolute atomic E-state index is 0.0238. The Hall–Kier alpha value is -1.06. The second-order valence-electron chi connectivity index (χ2n) is 4.87. The van der Waals surface area contributed by atoms with Gasteiger partial charge in [-0.2, -0.15) is 0 Å². The van der Waals surface area contributed by atoms with Crippen LogP contribution in [-0.4, -0.2) is 35.5 Å².